The van der Waals surface area contributed by atoms with Crippen molar-refractivity contribution >= 4 is 23.6 Å². The summed E-state index contributed by atoms with van der Waals surface area (Å²) >= 11 is 6.18. The first-order chi connectivity index (χ1) is 10.6. The second kappa shape index (κ2) is 7.30. The summed E-state index contributed by atoms with van der Waals surface area (Å²) in [5, 5.41) is 11.8. The molecule has 5 heteroatoms. The first-order valence-electron chi connectivity index (χ1n) is 6.50. The Balaban J connectivity index is 2.25. The molecule has 0 aliphatic heterocycles. The summed E-state index contributed by atoms with van der Waals surface area (Å²) in [5.41, 5.74) is 0.559. The van der Waals surface area contributed by atoms with E-state index in [9.17, 15) is 4.79 Å². The van der Waals surface area contributed by atoms with Crippen LogP contribution in [0, 0.1) is 11.3 Å². The van der Waals surface area contributed by atoms with Crippen molar-refractivity contribution in [2.24, 2.45) is 0 Å². The average Bonchev–Trinajstić information content (AvgIpc) is 2.54. The molecule has 0 aliphatic rings. The van der Waals surface area contributed by atoms with Crippen LogP contribution in [0.3, 0.4) is 0 Å². The summed E-state index contributed by atoms with van der Waals surface area (Å²) < 4.78 is 5.66. The van der Waals surface area contributed by atoms with Crippen molar-refractivity contribution in [3.05, 3.63) is 64.7 Å². The molecule has 2 aromatic rings. The van der Waals surface area contributed by atoms with Crippen LogP contribution in [0.1, 0.15) is 5.56 Å². The van der Waals surface area contributed by atoms with Crippen molar-refractivity contribution in [3.63, 3.8) is 0 Å². The zero-order chi connectivity index (χ0) is 15.9. The summed E-state index contributed by atoms with van der Waals surface area (Å²) in [6.07, 6.45) is 1.44. The standard InChI is InChI=1S/C17H13ClN2O2/c1-20-17(21)13(11-19)9-12-7-8-15(10-16(12)18)22-14-5-3-2-4-6-14/h2-10H,1H3,(H,20,21)/b13-9-. The summed E-state index contributed by atoms with van der Waals surface area (Å²) in [5.74, 6) is 0.819. The third-order valence-electron chi connectivity index (χ3n) is 2.84. The van der Waals surface area contributed by atoms with Gasteiger partial charge in [-0.1, -0.05) is 29.8 Å². The van der Waals surface area contributed by atoms with E-state index in [1.807, 2.05) is 36.4 Å². The summed E-state index contributed by atoms with van der Waals surface area (Å²) in [7, 11) is 1.46. The molecule has 2 rings (SSSR count). The fourth-order valence-corrected chi connectivity index (χ4v) is 1.98. The topological polar surface area (TPSA) is 62.1 Å². The smallest absolute Gasteiger partial charge is 0.261 e. The number of carbonyl (C=O) groups is 1. The van der Waals surface area contributed by atoms with Crippen molar-refractivity contribution in [1.82, 2.24) is 5.32 Å². The number of nitriles is 1. The Hall–Kier alpha value is -2.77. The molecule has 0 fully saturated rings. The van der Waals surface area contributed by atoms with E-state index in [0.29, 0.717) is 22.1 Å². The van der Waals surface area contributed by atoms with Gasteiger partial charge in [-0.15, -0.1) is 0 Å². The number of hydrogen-bond acceptors (Lipinski definition) is 3. The van der Waals surface area contributed by atoms with E-state index in [4.69, 9.17) is 21.6 Å². The maximum Gasteiger partial charge on any atom is 0.261 e. The first kappa shape index (κ1) is 15.6. The molecule has 4 nitrogen and oxygen atoms in total. The molecule has 22 heavy (non-hydrogen) atoms. The zero-order valence-corrected chi connectivity index (χ0v) is 12.6. The lowest BCUT2D eigenvalue weighted by Crippen LogP contribution is -2.19. The van der Waals surface area contributed by atoms with Gasteiger partial charge in [0.1, 0.15) is 23.1 Å². The van der Waals surface area contributed by atoms with E-state index in [2.05, 4.69) is 5.32 Å². The van der Waals surface area contributed by atoms with E-state index in [1.165, 1.54) is 13.1 Å². The zero-order valence-electron chi connectivity index (χ0n) is 11.8. The van der Waals surface area contributed by atoms with Gasteiger partial charge in [0, 0.05) is 7.05 Å². The Bertz CT molecular complexity index is 749. The highest BCUT2D eigenvalue weighted by atomic mass is 35.5. The van der Waals surface area contributed by atoms with Crippen LogP contribution in [-0.4, -0.2) is 13.0 Å². The van der Waals surface area contributed by atoms with Gasteiger partial charge in [-0.2, -0.15) is 5.26 Å². The van der Waals surface area contributed by atoms with Crippen LogP contribution in [0.2, 0.25) is 5.02 Å². The van der Waals surface area contributed by atoms with E-state index < -0.39 is 5.91 Å². The number of halogens is 1. The van der Waals surface area contributed by atoms with Crippen LogP contribution in [-0.2, 0) is 4.79 Å². The quantitative estimate of drug-likeness (QED) is 0.690. The molecule has 0 aliphatic carbocycles. The lowest BCUT2D eigenvalue weighted by Gasteiger charge is -2.07. The summed E-state index contributed by atoms with van der Waals surface area (Å²) in [6, 6.07) is 16.2. The van der Waals surface area contributed by atoms with Crippen LogP contribution in [0.25, 0.3) is 6.08 Å². The molecule has 0 saturated carbocycles. The van der Waals surface area contributed by atoms with E-state index in [-0.39, 0.29) is 5.57 Å². The number of rotatable bonds is 4. The Morgan fingerprint density at radius 1 is 1.23 bits per heavy atom. The van der Waals surface area contributed by atoms with Crippen LogP contribution in [0.4, 0.5) is 0 Å². The van der Waals surface area contributed by atoms with Gasteiger partial charge >= 0.3 is 0 Å². The van der Waals surface area contributed by atoms with Crippen LogP contribution < -0.4 is 10.1 Å². The normalized spacial score (nSPS) is 10.7. The second-order valence-electron chi connectivity index (χ2n) is 4.35. The average molecular weight is 313 g/mol. The predicted octanol–water partition coefficient (Wildman–Crippen LogP) is 3.79. The highest BCUT2D eigenvalue weighted by Gasteiger charge is 2.08. The monoisotopic (exact) mass is 312 g/mol. The van der Waals surface area contributed by atoms with Crippen molar-refractivity contribution in [1.29, 1.82) is 5.26 Å². The molecule has 1 amide bonds. The number of carbonyl (C=O) groups excluding carboxylic acids is 1. The third-order valence-corrected chi connectivity index (χ3v) is 3.17. The van der Waals surface area contributed by atoms with Crippen molar-refractivity contribution in [3.8, 4) is 17.6 Å². The Morgan fingerprint density at radius 3 is 2.55 bits per heavy atom. The number of hydrogen-bond donors (Lipinski definition) is 1. The van der Waals surface area contributed by atoms with Crippen LogP contribution in [0.15, 0.2) is 54.1 Å². The maximum absolute atomic E-state index is 11.5. The van der Waals surface area contributed by atoms with Gasteiger partial charge < -0.3 is 10.1 Å². The number of likely N-dealkylation sites (N-methyl/N-ethyl adjacent to an activating group) is 1. The van der Waals surface area contributed by atoms with Crippen molar-refractivity contribution in [2.45, 2.75) is 0 Å². The molecule has 0 spiro atoms. The summed E-state index contributed by atoms with van der Waals surface area (Å²) in [4.78, 5) is 11.5. The second-order valence-corrected chi connectivity index (χ2v) is 4.75. The van der Waals surface area contributed by atoms with Gasteiger partial charge in [0.15, 0.2) is 0 Å². The molecule has 2 aromatic carbocycles. The minimum Gasteiger partial charge on any atom is -0.457 e. The van der Waals surface area contributed by atoms with Crippen molar-refractivity contribution < 1.29 is 9.53 Å². The molecule has 1 N–H and O–H groups in total. The largest absolute Gasteiger partial charge is 0.457 e. The molecule has 0 saturated heterocycles. The SMILES string of the molecule is CNC(=O)/C(C#N)=C\c1ccc(Oc2ccccc2)cc1Cl. The Kier molecular flexibility index (Phi) is 5.18. The number of amides is 1. The molecule has 0 radical (unpaired) electrons. The first-order valence-corrected chi connectivity index (χ1v) is 6.88. The van der Waals surface area contributed by atoms with E-state index in [1.54, 1.807) is 18.2 Å². The van der Waals surface area contributed by atoms with E-state index in [0.717, 1.165) is 0 Å². The van der Waals surface area contributed by atoms with E-state index >= 15 is 0 Å². The van der Waals surface area contributed by atoms with Gasteiger partial charge in [0.05, 0.1) is 5.02 Å². The van der Waals surface area contributed by atoms with Crippen LogP contribution in [0.5, 0.6) is 11.5 Å². The van der Waals surface area contributed by atoms with Gasteiger partial charge in [-0.05, 0) is 42.0 Å². The van der Waals surface area contributed by atoms with Gasteiger partial charge in [-0.3, -0.25) is 4.79 Å². The number of nitrogens with zero attached hydrogens (tertiary/aromatic N) is 1. The number of benzene rings is 2. The molecule has 0 aromatic heterocycles. The Labute approximate surface area is 133 Å². The maximum atomic E-state index is 11.5. The summed E-state index contributed by atoms with van der Waals surface area (Å²) in [6.45, 7) is 0. The van der Waals surface area contributed by atoms with Gasteiger partial charge in [0.2, 0.25) is 0 Å². The van der Waals surface area contributed by atoms with Gasteiger partial charge in [-0.25, -0.2) is 0 Å². The minimum atomic E-state index is -0.455. The fraction of sp³-hybridized carbons (Fsp3) is 0.0588. The lowest BCUT2D eigenvalue weighted by molar-refractivity contribution is -0.116. The molecule has 110 valence electrons. The number of ether oxygens (including phenoxy) is 1. The van der Waals surface area contributed by atoms with Gasteiger partial charge in [0.25, 0.3) is 5.91 Å². The Morgan fingerprint density at radius 2 is 1.95 bits per heavy atom. The highest BCUT2D eigenvalue weighted by molar-refractivity contribution is 6.32. The number of para-hydroxylation sites is 1. The van der Waals surface area contributed by atoms with Crippen molar-refractivity contribution in [2.75, 3.05) is 7.05 Å². The molecule has 0 atom stereocenters. The van der Waals surface area contributed by atoms with Crippen LogP contribution >= 0.6 is 11.6 Å². The molecular weight excluding hydrogens is 300 g/mol. The molecular formula is C17H13ClN2O2. The minimum absolute atomic E-state index is 0.0128. The molecule has 0 unspecified atom stereocenters. The third kappa shape index (κ3) is 3.87. The predicted molar refractivity (Wildman–Crippen MR) is 85.6 cm³/mol. The fourth-order valence-electron chi connectivity index (χ4n) is 1.75. The molecule has 0 heterocycles. The number of nitrogens with one attached hydrogen (secondary N) is 1. The highest BCUT2D eigenvalue weighted by Crippen LogP contribution is 2.28. The molecule has 0 bridgehead atoms. The lowest BCUT2D eigenvalue weighted by atomic mass is 10.1.